The summed E-state index contributed by atoms with van der Waals surface area (Å²) in [6, 6.07) is 8.94. The fraction of sp³-hybridized carbons (Fsp3) is 0.350. The summed E-state index contributed by atoms with van der Waals surface area (Å²) in [5.41, 5.74) is 5.13. The highest BCUT2D eigenvalue weighted by Crippen LogP contribution is 2.31. The van der Waals surface area contributed by atoms with Crippen LogP contribution in [-0.2, 0) is 32.1 Å². The SMILES string of the molecule is Cc1cccc2c3c(n(CCc4ccc(C(F)(F)F)nc4)c12)CCNC3. The highest BCUT2D eigenvalue weighted by Gasteiger charge is 2.32. The molecule has 0 atom stereocenters. The molecule has 0 amide bonds. The van der Waals surface area contributed by atoms with E-state index in [0.717, 1.165) is 37.7 Å². The van der Waals surface area contributed by atoms with Crippen molar-refractivity contribution >= 4 is 10.9 Å². The highest BCUT2D eigenvalue weighted by atomic mass is 19.4. The molecule has 6 heteroatoms. The molecule has 2 aromatic heterocycles. The van der Waals surface area contributed by atoms with Crippen LogP contribution in [0.15, 0.2) is 36.5 Å². The number of para-hydroxylation sites is 1. The second-order valence-electron chi connectivity index (χ2n) is 6.77. The summed E-state index contributed by atoms with van der Waals surface area (Å²) in [6.07, 6.45) is -1.43. The van der Waals surface area contributed by atoms with Crippen molar-refractivity contribution < 1.29 is 13.2 Å². The molecule has 0 fully saturated rings. The number of fused-ring (bicyclic) bond motifs is 3. The van der Waals surface area contributed by atoms with Gasteiger partial charge in [0.15, 0.2) is 0 Å². The van der Waals surface area contributed by atoms with E-state index in [0.29, 0.717) is 6.42 Å². The number of alkyl halides is 3. The Morgan fingerprint density at radius 1 is 1.19 bits per heavy atom. The summed E-state index contributed by atoms with van der Waals surface area (Å²) in [5.74, 6) is 0. The van der Waals surface area contributed by atoms with Gasteiger partial charge in [-0.25, -0.2) is 0 Å². The molecule has 136 valence electrons. The number of pyridine rings is 1. The number of aromatic nitrogens is 2. The van der Waals surface area contributed by atoms with Crippen molar-refractivity contribution in [1.29, 1.82) is 0 Å². The van der Waals surface area contributed by atoms with Crippen LogP contribution in [-0.4, -0.2) is 16.1 Å². The molecular weight excluding hydrogens is 339 g/mol. The largest absolute Gasteiger partial charge is 0.433 e. The highest BCUT2D eigenvalue weighted by molar-refractivity contribution is 5.88. The fourth-order valence-electron chi connectivity index (χ4n) is 3.85. The topological polar surface area (TPSA) is 29.9 Å². The average Bonchev–Trinajstić information content (AvgIpc) is 2.95. The Bertz CT molecular complexity index is 940. The van der Waals surface area contributed by atoms with Crippen LogP contribution in [0.25, 0.3) is 10.9 Å². The Morgan fingerprint density at radius 3 is 2.77 bits per heavy atom. The fourth-order valence-corrected chi connectivity index (χ4v) is 3.85. The van der Waals surface area contributed by atoms with Gasteiger partial charge < -0.3 is 9.88 Å². The van der Waals surface area contributed by atoms with E-state index in [1.54, 1.807) is 0 Å². The van der Waals surface area contributed by atoms with Gasteiger partial charge in [0, 0.05) is 43.3 Å². The first kappa shape index (κ1) is 17.1. The van der Waals surface area contributed by atoms with Gasteiger partial charge in [-0.2, -0.15) is 13.2 Å². The Hall–Kier alpha value is -2.34. The molecular formula is C20H20F3N3. The quantitative estimate of drug-likeness (QED) is 0.758. The van der Waals surface area contributed by atoms with Crippen LogP contribution in [0.2, 0.25) is 0 Å². The van der Waals surface area contributed by atoms with Crippen LogP contribution >= 0.6 is 0 Å². The smallest absolute Gasteiger partial charge is 0.344 e. The summed E-state index contributed by atoms with van der Waals surface area (Å²) in [4.78, 5) is 3.57. The van der Waals surface area contributed by atoms with Crippen molar-refractivity contribution in [1.82, 2.24) is 14.9 Å². The predicted octanol–water partition coefficient (Wildman–Crippen LogP) is 4.25. The molecule has 26 heavy (non-hydrogen) atoms. The minimum Gasteiger partial charge on any atom is -0.344 e. The second kappa shape index (κ2) is 6.43. The first-order chi connectivity index (χ1) is 12.4. The molecule has 1 aromatic carbocycles. The minimum absolute atomic E-state index is 0.656. The number of nitrogens with zero attached hydrogens (tertiary/aromatic N) is 2. The molecule has 1 N–H and O–H groups in total. The van der Waals surface area contributed by atoms with Gasteiger partial charge >= 0.3 is 6.18 Å². The number of aryl methyl sites for hydroxylation is 3. The number of halogens is 3. The average molecular weight is 359 g/mol. The van der Waals surface area contributed by atoms with Crippen LogP contribution in [0.4, 0.5) is 13.2 Å². The van der Waals surface area contributed by atoms with Crippen molar-refractivity contribution in [3.8, 4) is 0 Å². The molecule has 0 unspecified atom stereocenters. The van der Waals surface area contributed by atoms with E-state index in [2.05, 4.69) is 40.0 Å². The van der Waals surface area contributed by atoms with E-state index < -0.39 is 11.9 Å². The Morgan fingerprint density at radius 2 is 2.04 bits per heavy atom. The van der Waals surface area contributed by atoms with Crippen molar-refractivity contribution in [2.75, 3.05) is 6.54 Å². The van der Waals surface area contributed by atoms with Gasteiger partial charge in [-0.05, 0) is 36.1 Å². The van der Waals surface area contributed by atoms with Gasteiger partial charge in [-0.1, -0.05) is 24.3 Å². The summed E-state index contributed by atoms with van der Waals surface area (Å²) in [6.45, 7) is 4.66. The van der Waals surface area contributed by atoms with E-state index in [4.69, 9.17) is 0 Å². The van der Waals surface area contributed by atoms with Crippen LogP contribution in [0.5, 0.6) is 0 Å². The van der Waals surface area contributed by atoms with E-state index in [1.807, 2.05) is 0 Å². The number of rotatable bonds is 3. The normalized spacial score (nSPS) is 14.6. The number of benzene rings is 1. The van der Waals surface area contributed by atoms with Gasteiger partial charge in [-0.15, -0.1) is 0 Å². The van der Waals surface area contributed by atoms with Crippen molar-refractivity contribution in [3.63, 3.8) is 0 Å². The van der Waals surface area contributed by atoms with Gasteiger partial charge in [0.25, 0.3) is 0 Å². The van der Waals surface area contributed by atoms with E-state index in [-0.39, 0.29) is 0 Å². The summed E-state index contributed by atoms with van der Waals surface area (Å²) >= 11 is 0. The summed E-state index contributed by atoms with van der Waals surface area (Å²) in [7, 11) is 0. The number of nitrogens with one attached hydrogen (secondary N) is 1. The summed E-state index contributed by atoms with van der Waals surface area (Å²) < 4.78 is 40.3. The standard InChI is InChI=1S/C20H20F3N3/c1-13-3-2-4-15-16-12-24-9-7-17(16)26(19(13)15)10-8-14-5-6-18(25-11-14)20(21,22)23/h2-6,11,24H,7-10,12H2,1H3. The lowest BCUT2D eigenvalue weighted by atomic mass is 10.0. The number of hydrogen-bond donors (Lipinski definition) is 1. The second-order valence-corrected chi connectivity index (χ2v) is 6.77. The molecule has 0 spiro atoms. The maximum Gasteiger partial charge on any atom is 0.433 e. The Labute approximate surface area is 149 Å². The molecule has 3 heterocycles. The lowest BCUT2D eigenvalue weighted by molar-refractivity contribution is -0.141. The van der Waals surface area contributed by atoms with E-state index in [9.17, 15) is 13.2 Å². The zero-order chi connectivity index (χ0) is 18.3. The predicted molar refractivity (Wildman–Crippen MR) is 95.0 cm³/mol. The van der Waals surface area contributed by atoms with Gasteiger partial charge in [-0.3, -0.25) is 4.98 Å². The Kier molecular flexibility index (Phi) is 4.23. The number of hydrogen-bond acceptors (Lipinski definition) is 2. The minimum atomic E-state index is -4.39. The molecule has 0 aliphatic carbocycles. The van der Waals surface area contributed by atoms with Crippen LogP contribution < -0.4 is 5.32 Å². The molecule has 3 aromatic rings. The molecule has 4 rings (SSSR count). The lowest BCUT2D eigenvalue weighted by Crippen LogP contribution is -2.25. The Balaban J connectivity index is 1.65. The molecule has 0 saturated heterocycles. The third kappa shape index (κ3) is 2.98. The zero-order valence-corrected chi connectivity index (χ0v) is 14.5. The van der Waals surface area contributed by atoms with Crippen molar-refractivity contribution in [3.05, 3.63) is 64.6 Å². The molecule has 0 saturated carbocycles. The maximum atomic E-state index is 12.7. The monoisotopic (exact) mass is 359 g/mol. The van der Waals surface area contributed by atoms with Crippen LogP contribution in [0.1, 0.15) is 28.1 Å². The first-order valence-corrected chi connectivity index (χ1v) is 8.77. The van der Waals surface area contributed by atoms with Crippen LogP contribution in [0, 0.1) is 6.92 Å². The summed E-state index contributed by atoms with van der Waals surface area (Å²) in [5, 5.41) is 4.71. The molecule has 0 bridgehead atoms. The maximum absolute atomic E-state index is 12.7. The molecule has 3 nitrogen and oxygen atoms in total. The zero-order valence-electron chi connectivity index (χ0n) is 14.5. The molecule has 1 aliphatic rings. The first-order valence-electron chi connectivity index (χ1n) is 8.77. The molecule has 0 radical (unpaired) electrons. The van der Waals surface area contributed by atoms with E-state index >= 15 is 0 Å². The van der Waals surface area contributed by atoms with Crippen LogP contribution in [0.3, 0.4) is 0 Å². The van der Waals surface area contributed by atoms with Gasteiger partial charge in [0.2, 0.25) is 0 Å². The van der Waals surface area contributed by atoms with Gasteiger partial charge in [0.1, 0.15) is 5.69 Å². The third-order valence-corrected chi connectivity index (χ3v) is 5.09. The van der Waals surface area contributed by atoms with E-state index in [1.165, 1.54) is 40.0 Å². The third-order valence-electron chi connectivity index (χ3n) is 5.09. The van der Waals surface area contributed by atoms with Crippen molar-refractivity contribution in [2.24, 2.45) is 0 Å². The lowest BCUT2D eigenvalue weighted by Gasteiger charge is -2.17. The van der Waals surface area contributed by atoms with Crippen molar-refractivity contribution in [2.45, 2.75) is 39.0 Å². The van der Waals surface area contributed by atoms with Gasteiger partial charge in [0.05, 0.1) is 5.52 Å². The molecule has 1 aliphatic heterocycles.